The number of aliphatic hydroxyl groups excluding tert-OH is 1. The summed E-state index contributed by atoms with van der Waals surface area (Å²) in [6.07, 6.45) is 0.745. The molecule has 5 nitrogen and oxygen atoms in total. The molecule has 6 heteroatoms. The van der Waals surface area contributed by atoms with E-state index in [4.69, 9.17) is 16.3 Å². The first-order valence-electron chi connectivity index (χ1n) is 9.69. The van der Waals surface area contributed by atoms with Gasteiger partial charge in [-0.25, -0.2) is 0 Å². The van der Waals surface area contributed by atoms with Crippen LogP contribution in [0.1, 0.15) is 23.1 Å². The molecule has 0 saturated carbocycles. The number of rotatable bonds is 7. The number of phenols is 1. The molecule has 2 aromatic rings. The Labute approximate surface area is 172 Å². The summed E-state index contributed by atoms with van der Waals surface area (Å²) in [7, 11) is 1.54. The second-order valence-electron chi connectivity index (χ2n) is 7.41. The minimum absolute atomic E-state index is 0.0532. The van der Waals surface area contributed by atoms with Gasteiger partial charge in [0.2, 0.25) is 0 Å². The fraction of sp³-hybridized carbons (Fsp3) is 0.455. The van der Waals surface area contributed by atoms with Crippen LogP contribution in [0.15, 0.2) is 36.4 Å². The molecule has 1 saturated heterocycles. The van der Waals surface area contributed by atoms with Crippen LogP contribution in [-0.4, -0.2) is 59.4 Å². The van der Waals surface area contributed by atoms with Crippen LogP contribution in [0, 0.1) is 6.92 Å². The SMILES string of the molecule is COc1cc(CN2CCN(Cc3ccccc3C)[C@@H](CCO)C2)c(Cl)cc1O. The number of halogens is 1. The number of methoxy groups -OCH3 is 1. The quantitative estimate of drug-likeness (QED) is 0.740. The summed E-state index contributed by atoms with van der Waals surface area (Å²) in [6.45, 7) is 6.64. The number of hydrogen-bond donors (Lipinski definition) is 2. The molecule has 0 radical (unpaired) electrons. The summed E-state index contributed by atoms with van der Waals surface area (Å²) in [5.74, 6) is 0.488. The van der Waals surface area contributed by atoms with Crippen molar-refractivity contribution in [1.82, 2.24) is 9.80 Å². The molecule has 1 aliphatic heterocycles. The predicted octanol–water partition coefficient (Wildman–Crippen LogP) is 3.43. The van der Waals surface area contributed by atoms with Crippen LogP contribution in [0.5, 0.6) is 11.5 Å². The molecule has 28 heavy (non-hydrogen) atoms. The third-order valence-corrected chi connectivity index (χ3v) is 5.88. The molecule has 2 aromatic carbocycles. The largest absolute Gasteiger partial charge is 0.504 e. The van der Waals surface area contributed by atoms with Gasteiger partial charge in [0.05, 0.1) is 7.11 Å². The highest BCUT2D eigenvalue weighted by molar-refractivity contribution is 6.31. The molecule has 152 valence electrons. The van der Waals surface area contributed by atoms with E-state index in [0.717, 1.165) is 38.2 Å². The topological polar surface area (TPSA) is 56.2 Å². The summed E-state index contributed by atoms with van der Waals surface area (Å²) < 4.78 is 5.22. The fourth-order valence-electron chi connectivity index (χ4n) is 3.85. The molecule has 1 fully saturated rings. The van der Waals surface area contributed by atoms with E-state index in [1.807, 2.05) is 0 Å². The van der Waals surface area contributed by atoms with Gasteiger partial charge in [0.15, 0.2) is 11.5 Å². The smallest absolute Gasteiger partial charge is 0.160 e. The zero-order valence-electron chi connectivity index (χ0n) is 16.6. The van der Waals surface area contributed by atoms with Crippen LogP contribution in [0.4, 0.5) is 0 Å². The summed E-state index contributed by atoms with van der Waals surface area (Å²) in [5.41, 5.74) is 3.58. The molecule has 0 amide bonds. The Hall–Kier alpha value is -1.79. The number of benzene rings is 2. The van der Waals surface area contributed by atoms with Gasteiger partial charge in [-0.15, -0.1) is 0 Å². The molecule has 3 rings (SSSR count). The van der Waals surface area contributed by atoms with Crippen molar-refractivity contribution in [2.24, 2.45) is 0 Å². The van der Waals surface area contributed by atoms with E-state index in [2.05, 4.69) is 41.0 Å². The van der Waals surface area contributed by atoms with Crippen LogP contribution in [0.25, 0.3) is 0 Å². The molecule has 0 aliphatic carbocycles. The van der Waals surface area contributed by atoms with Crippen molar-refractivity contribution in [1.29, 1.82) is 0 Å². The molecule has 1 atom stereocenters. The summed E-state index contributed by atoms with van der Waals surface area (Å²) in [6, 6.07) is 12.1. The molecular formula is C22H29ClN2O3. The first kappa shape index (κ1) is 20.9. The highest BCUT2D eigenvalue weighted by Gasteiger charge is 2.27. The van der Waals surface area contributed by atoms with Crippen LogP contribution in [-0.2, 0) is 13.1 Å². The number of nitrogens with zero attached hydrogens (tertiary/aromatic N) is 2. The normalized spacial score (nSPS) is 18.4. The second-order valence-corrected chi connectivity index (χ2v) is 7.82. The van der Waals surface area contributed by atoms with Crippen LogP contribution < -0.4 is 4.74 Å². The molecule has 0 aromatic heterocycles. The molecule has 0 unspecified atom stereocenters. The van der Waals surface area contributed by atoms with Gasteiger partial charge in [-0.05, 0) is 36.1 Å². The van der Waals surface area contributed by atoms with E-state index in [0.29, 0.717) is 17.3 Å². The average molecular weight is 405 g/mol. The number of hydrogen-bond acceptors (Lipinski definition) is 5. The Morgan fingerprint density at radius 2 is 1.93 bits per heavy atom. The maximum atomic E-state index is 9.87. The van der Waals surface area contributed by atoms with E-state index in [1.165, 1.54) is 24.3 Å². The van der Waals surface area contributed by atoms with E-state index in [1.54, 1.807) is 6.07 Å². The highest BCUT2D eigenvalue weighted by Crippen LogP contribution is 2.33. The van der Waals surface area contributed by atoms with E-state index in [-0.39, 0.29) is 18.4 Å². The molecular weight excluding hydrogens is 376 g/mol. The van der Waals surface area contributed by atoms with Gasteiger partial charge in [-0.3, -0.25) is 9.80 Å². The van der Waals surface area contributed by atoms with Crippen molar-refractivity contribution in [3.05, 3.63) is 58.1 Å². The third-order valence-electron chi connectivity index (χ3n) is 5.53. The number of aromatic hydroxyl groups is 1. The third kappa shape index (κ3) is 4.97. The molecule has 1 heterocycles. The lowest BCUT2D eigenvalue weighted by Crippen LogP contribution is -2.52. The van der Waals surface area contributed by atoms with Crippen molar-refractivity contribution in [2.75, 3.05) is 33.4 Å². The van der Waals surface area contributed by atoms with Crippen molar-refractivity contribution < 1.29 is 14.9 Å². The van der Waals surface area contributed by atoms with Crippen LogP contribution >= 0.6 is 11.6 Å². The van der Waals surface area contributed by atoms with Crippen molar-refractivity contribution >= 4 is 11.6 Å². The zero-order chi connectivity index (χ0) is 20.1. The monoisotopic (exact) mass is 404 g/mol. The Balaban J connectivity index is 1.69. The van der Waals surface area contributed by atoms with Gasteiger partial charge >= 0.3 is 0 Å². The van der Waals surface area contributed by atoms with E-state index >= 15 is 0 Å². The summed E-state index contributed by atoms with van der Waals surface area (Å²) >= 11 is 6.34. The lowest BCUT2D eigenvalue weighted by molar-refractivity contribution is 0.0498. The molecule has 2 N–H and O–H groups in total. The highest BCUT2D eigenvalue weighted by atomic mass is 35.5. The van der Waals surface area contributed by atoms with Gasteiger partial charge in [-0.2, -0.15) is 0 Å². The van der Waals surface area contributed by atoms with Crippen LogP contribution in [0.3, 0.4) is 0 Å². The minimum atomic E-state index is 0.0532. The van der Waals surface area contributed by atoms with Crippen LogP contribution in [0.2, 0.25) is 5.02 Å². The Kier molecular flexibility index (Phi) is 7.18. The summed E-state index contributed by atoms with van der Waals surface area (Å²) in [5, 5.41) is 20.0. The Morgan fingerprint density at radius 1 is 1.14 bits per heavy atom. The van der Waals surface area contributed by atoms with Crippen molar-refractivity contribution in [3.63, 3.8) is 0 Å². The maximum Gasteiger partial charge on any atom is 0.160 e. The Morgan fingerprint density at radius 3 is 2.64 bits per heavy atom. The zero-order valence-corrected chi connectivity index (χ0v) is 17.3. The lowest BCUT2D eigenvalue weighted by atomic mass is 10.0. The number of piperazine rings is 1. The number of ether oxygens (including phenoxy) is 1. The Bertz CT molecular complexity index is 799. The number of aryl methyl sites for hydroxylation is 1. The molecule has 1 aliphatic rings. The molecule has 0 bridgehead atoms. The van der Waals surface area contributed by atoms with Crippen molar-refractivity contribution in [2.45, 2.75) is 32.5 Å². The fourth-order valence-corrected chi connectivity index (χ4v) is 4.07. The summed E-state index contributed by atoms with van der Waals surface area (Å²) in [4.78, 5) is 4.82. The van der Waals surface area contributed by atoms with E-state index in [9.17, 15) is 10.2 Å². The minimum Gasteiger partial charge on any atom is -0.504 e. The predicted molar refractivity (Wildman–Crippen MR) is 112 cm³/mol. The van der Waals surface area contributed by atoms with Gasteiger partial charge < -0.3 is 14.9 Å². The van der Waals surface area contributed by atoms with Gasteiger partial charge in [0.25, 0.3) is 0 Å². The van der Waals surface area contributed by atoms with Gasteiger partial charge in [-0.1, -0.05) is 35.9 Å². The maximum absolute atomic E-state index is 9.87. The average Bonchev–Trinajstić information content (AvgIpc) is 2.68. The standard InChI is InChI=1S/C22H29ClN2O3/c1-16-5-3-4-6-17(16)14-25-9-8-24(15-19(25)7-10-26)13-18-11-22(28-2)21(27)12-20(18)23/h3-6,11-12,19,26-27H,7-10,13-15H2,1-2H3/t19-/m0/s1. The number of phenolic OH excluding ortho intramolecular Hbond substituents is 1. The first-order chi connectivity index (χ1) is 13.5. The number of aliphatic hydroxyl groups is 1. The lowest BCUT2D eigenvalue weighted by Gasteiger charge is -2.41. The first-order valence-corrected chi connectivity index (χ1v) is 10.1. The van der Waals surface area contributed by atoms with Gasteiger partial charge in [0, 0.05) is 56.5 Å². The van der Waals surface area contributed by atoms with Gasteiger partial charge in [0.1, 0.15) is 0 Å². The second kappa shape index (κ2) is 9.61. The van der Waals surface area contributed by atoms with E-state index < -0.39 is 0 Å². The van der Waals surface area contributed by atoms with Crippen molar-refractivity contribution in [3.8, 4) is 11.5 Å². The molecule has 0 spiro atoms.